The van der Waals surface area contributed by atoms with Gasteiger partial charge < -0.3 is 5.73 Å². The summed E-state index contributed by atoms with van der Waals surface area (Å²) in [5.41, 5.74) is 11.2. The molecule has 0 bridgehead atoms. The Morgan fingerprint density at radius 3 is 2.26 bits per heavy atom. The Balaban J connectivity index is 1.47. The monoisotopic (exact) mass is 424 g/mol. The molecular weight excluding hydrogens is 404 g/mol. The van der Waals surface area contributed by atoms with Crippen LogP contribution in [0.1, 0.15) is 29.2 Å². The van der Waals surface area contributed by atoms with Crippen LogP contribution in [-0.4, -0.2) is 16.8 Å². The van der Waals surface area contributed by atoms with Crippen molar-refractivity contribution in [2.75, 3.05) is 5.01 Å². The Kier molecular flexibility index (Phi) is 5.14. The summed E-state index contributed by atoms with van der Waals surface area (Å²) in [4.78, 5) is 15.9. The fourth-order valence-electron chi connectivity index (χ4n) is 3.79. The van der Waals surface area contributed by atoms with E-state index in [1.165, 1.54) is 5.56 Å². The second kappa shape index (κ2) is 8.24. The van der Waals surface area contributed by atoms with Crippen LogP contribution in [0.3, 0.4) is 0 Å². The molecule has 1 unspecified atom stereocenters. The third kappa shape index (κ3) is 4.02. The van der Waals surface area contributed by atoms with Crippen molar-refractivity contribution in [3.8, 4) is 0 Å². The van der Waals surface area contributed by atoms with Crippen molar-refractivity contribution in [3.05, 3.63) is 107 Å². The standard InChI is InChI=1S/C25H20N4OS/c26-24-23(31-25(30)27-24)15-17-11-13-20(14-12-17)29-22(19-9-5-2-6-10-19)16-21(28-29)18-7-3-1-4-8-18/h1-15,22H,16H2,(H2,26,27,30)/b23-15-. The largest absolute Gasteiger partial charge is 0.383 e. The second-order valence-corrected chi connectivity index (χ2v) is 8.35. The third-order valence-corrected chi connectivity index (χ3v) is 6.13. The number of hydrogen-bond donors (Lipinski definition) is 1. The number of carbonyl (C=O) groups excluding carboxylic acids is 1. The number of amidine groups is 1. The fourth-order valence-corrected chi connectivity index (χ4v) is 4.47. The number of anilines is 1. The molecule has 5 rings (SSSR count). The summed E-state index contributed by atoms with van der Waals surface area (Å²) in [6.07, 6.45) is 2.72. The Labute approximate surface area is 185 Å². The molecule has 3 aromatic carbocycles. The quantitative estimate of drug-likeness (QED) is 0.591. The minimum atomic E-state index is -0.272. The minimum Gasteiger partial charge on any atom is -0.383 e. The van der Waals surface area contributed by atoms with Crippen LogP contribution in [0, 0.1) is 0 Å². The van der Waals surface area contributed by atoms with Gasteiger partial charge in [-0.05, 0) is 46.7 Å². The zero-order valence-electron chi connectivity index (χ0n) is 16.7. The van der Waals surface area contributed by atoms with Gasteiger partial charge in [0.15, 0.2) is 0 Å². The molecule has 0 aromatic heterocycles. The van der Waals surface area contributed by atoms with E-state index >= 15 is 0 Å². The molecule has 0 fully saturated rings. The first kappa shape index (κ1) is 19.3. The first-order valence-corrected chi connectivity index (χ1v) is 10.8. The lowest BCUT2D eigenvalue weighted by molar-refractivity contribution is 0.268. The van der Waals surface area contributed by atoms with Crippen molar-refractivity contribution < 1.29 is 4.79 Å². The van der Waals surface area contributed by atoms with Gasteiger partial charge in [-0.1, -0.05) is 72.8 Å². The number of rotatable bonds is 4. The van der Waals surface area contributed by atoms with Crippen LogP contribution < -0.4 is 10.7 Å². The van der Waals surface area contributed by atoms with Crippen LogP contribution >= 0.6 is 11.8 Å². The van der Waals surface area contributed by atoms with Gasteiger partial charge in [0.05, 0.1) is 22.3 Å². The normalized spacial score (nSPS) is 19.6. The Morgan fingerprint density at radius 2 is 1.61 bits per heavy atom. The van der Waals surface area contributed by atoms with E-state index in [0.29, 0.717) is 4.91 Å². The number of nitrogens with two attached hydrogens (primary N) is 1. The van der Waals surface area contributed by atoms with Crippen molar-refractivity contribution in [2.24, 2.45) is 15.8 Å². The topological polar surface area (TPSA) is 71.0 Å². The van der Waals surface area contributed by atoms with E-state index in [4.69, 9.17) is 10.8 Å². The summed E-state index contributed by atoms with van der Waals surface area (Å²) < 4.78 is 0. The molecule has 3 aromatic rings. The molecule has 31 heavy (non-hydrogen) atoms. The molecule has 6 heteroatoms. The zero-order chi connectivity index (χ0) is 21.2. The molecule has 2 aliphatic rings. The highest BCUT2D eigenvalue weighted by molar-refractivity contribution is 8.18. The molecule has 2 N–H and O–H groups in total. The van der Waals surface area contributed by atoms with E-state index in [1.807, 2.05) is 42.5 Å². The average molecular weight is 425 g/mol. The number of amides is 1. The van der Waals surface area contributed by atoms with Gasteiger partial charge in [0.1, 0.15) is 5.84 Å². The number of aliphatic imine (C=N–C) groups is 1. The maximum Gasteiger partial charge on any atom is 0.311 e. The molecule has 0 aliphatic carbocycles. The molecular formula is C25H20N4OS. The maximum atomic E-state index is 11.4. The lowest BCUT2D eigenvalue weighted by atomic mass is 9.98. The Hall–Kier alpha value is -3.64. The van der Waals surface area contributed by atoms with E-state index in [1.54, 1.807) is 0 Å². The lowest BCUT2D eigenvalue weighted by Gasteiger charge is -2.24. The van der Waals surface area contributed by atoms with Gasteiger partial charge in [-0.2, -0.15) is 10.1 Å². The van der Waals surface area contributed by atoms with Crippen molar-refractivity contribution in [3.63, 3.8) is 0 Å². The predicted octanol–water partition coefficient (Wildman–Crippen LogP) is 5.61. The van der Waals surface area contributed by atoms with E-state index in [-0.39, 0.29) is 17.1 Å². The molecule has 2 heterocycles. The second-order valence-electron chi connectivity index (χ2n) is 7.35. The van der Waals surface area contributed by atoms with Gasteiger partial charge in [-0.3, -0.25) is 9.80 Å². The summed E-state index contributed by atoms with van der Waals surface area (Å²) in [6, 6.07) is 29.0. The molecule has 5 nitrogen and oxygen atoms in total. The van der Waals surface area contributed by atoms with Crippen LogP contribution in [0.25, 0.3) is 6.08 Å². The molecule has 0 spiro atoms. The van der Waals surface area contributed by atoms with E-state index in [9.17, 15) is 4.79 Å². The summed E-state index contributed by atoms with van der Waals surface area (Å²) in [5.74, 6) is 0.278. The van der Waals surface area contributed by atoms with Crippen LogP contribution in [0.2, 0.25) is 0 Å². The van der Waals surface area contributed by atoms with Crippen molar-refractivity contribution in [1.29, 1.82) is 0 Å². The van der Waals surface area contributed by atoms with Gasteiger partial charge in [0.2, 0.25) is 0 Å². The minimum absolute atomic E-state index is 0.131. The molecule has 1 amide bonds. The average Bonchev–Trinajstić information content (AvgIpc) is 3.39. The van der Waals surface area contributed by atoms with Gasteiger partial charge in [0, 0.05) is 6.42 Å². The fraction of sp³-hybridized carbons (Fsp3) is 0.0800. The lowest BCUT2D eigenvalue weighted by Crippen LogP contribution is -2.18. The number of hydrogen-bond acceptors (Lipinski definition) is 5. The first-order valence-electron chi connectivity index (χ1n) is 10.0. The molecule has 152 valence electrons. The molecule has 0 saturated heterocycles. The highest BCUT2D eigenvalue weighted by Gasteiger charge is 2.29. The summed E-state index contributed by atoms with van der Waals surface area (Å²) in [7, 11) is 0. The van der Waals surface area contributed by atoms with E-state index in [2.05, 4.69) is 58.5 Å². The smallest absolute Gasteiger partial charge is 0.311 e. The molecule has 2 aliphatic heterocycles. The highest BCUT2D eigenvalue weighted by atomic mass is 32.2. The third-order valence-electron chi connectivity index (χ3n) is 5.32. The van der Waals surface area contributed by atoms with Gasteiger partial charge >= 0.3 is 5.24 Å². The summed E-state index contributed by atoms with van der Waals surface area (Å²) in [6.45, 7) is 0. The van der Waals surface area contributed by atoms with Crippen LogP contribution in [0.15, 0.2) is 99.9 Å². The first-order chi connectivity index (χ1) is 15.2. The number of benzene rings is 3. The number of hydrazone groups is 1. The SMILES string of the molecule is NC1=NC(=O)S/C1=C\c1ccc(N2N=C(c3ccccc3)CC2c2ccccc2)cc1. The number of thioether (sulfide) groups is 1. The summed E-state index contributed by atoms with van der Waals surface area (Å²) >= 11 is 1.05. The van der Waals surface area contributed by atoms with E-state index in [0.717, 1.165) is 40.7 Å². The van der Waals surface area contributed by atoms with Crippen molar-refractivity contribution in [2.45, 2.75) is 12.5 Å². The number of carbonyl (C=O) groups is 1. The maximum absolute atomic E-state index is 11.4. The summed E-state index contributed by atoms with van der Waals surface area (Å²) in [5, 5.41) is 6.81. The van der Waals surface area contributed by atoms with Crippen molar-refractivity contribution >= 4 is 40.3 Å². The van der Waals surface area contributed by atoms with Crippen LogP contribution in [0.4, 0.5) is 10.5 Å². The highest BCUT2D eigenvalue weighted by Crippen LogP contribution is 2.37. The van der Waals surface area contributed by atoms with Crippen molar-refractivity contribution in [1.82, 2.24) is 0 Å². The molecule has 0 radical (unpaired) electrons. The Morgan fingerprint density at radius 1 is 0.935 bits per heavy atom. The Bertz CT molecular complexity index is 1200. The van der Waals surface area contributed by atoms with Gasteiger partial charge in [0.25, 0.3) is 0 Å². The van der Waals surface area contributed by atoms with Crippen LogP contribution in [-0.2, 0) is 0 Å². The molecule has 1 atom stereocenters. The number of nitrogens with zero attached hydrogens (tertiary/aromatic N) is 3. The zero-order valence-corrected chi connectivity index (χ0v) is 17.5. The van der Waals surface area contributed by atoms with E-state index < -0.39 is 0 Å². The molecule has 0 saturated carbocycles. The predicted molar refractivity (Wildman–Crippen MR) is 128 cm³/mol. The van der Waals surface area contributed by atoms with Crippen LogP contribution in [0.5, 0.6) is 0 Å². The van der Waals surface area contributed by atoms with Gasteiger partial charge in [-0.15, -0.1) is 0 Å². The van der Waals surface area contributed by atoms with Gasteiger partial charge in [-0.25, -0.2) is 0 Å².